The largest absolute Gasteiger partial charge is 0.494 e. The lowest BCUT2D eigenvalue weighted by atomic mass is 10.2. The van der Waals surface area contributed by atoms with Crippen LogP contribution in [-0.2, 0) is 0 Å². The Morgan fingerprint density at radius 3 is 2.88 bits per heavy atom. The molecule has 0 spiro atoms. The number of ether oxygens (including phenoxy) is 1. The number of benzene rings is 2. The molecule has 4 heteroatoms. The zero-order valence-corrected chi connectivity index (χ0v) is 13.6. The van der Waals surface area contributed by atoms with Crippen LogP contribution >= 0.6 is 0 Å². The van der Waals surface area contributed by atoms with E-state index in [0.717, 1.165) is 41.8 Å². The van der Waals surface area contributed by atoms with Crippen molar-refractivity contribution < 1.29 is 4.74 Å². The molecule has 0 aliphatic heterocycles. The maximum atomic E-state index is 5.79. The summed E-state index contributed by atoms with van der Waals surface area (Å²) in [5.41, 5.74) is 1.84. The highest BCUT2D eigenvalue weighted by atomic mass is 16.5. The lowest BCUT2D eigenvalue weighted by Gasteiger charge is -2.05. The first-order valence-electron chi connectivity index (χ1n) is 8.32. The third-order valence-corrected chi connectivity index (χ3v) is 4.09. The third-order valence-electron chi connectivity index (χ3n) is 4.09. The van der Waals surface area contributed by atoms with Crippen LogP contribution in [0.15, 0.2) is 60.8 Å². The topological polar surface area (TPSA) is 39.4 Å². The Labute approximate surface area is 140 Å². The number of unbranched alkanes of at least 4 members (excludes halogenated alkanes) is 1. The van der Waals surface area contributed by atoms with Crippen LogP contribution in [0.4, 0.5) is 0 Å². The minimum Gasteiger partial charge on any atom is -0.494 e. The average molecular weight is 317 g/mol. The Balaban J connectivity index is 1.74. The Hall–Kier alpha value is -2.88. The van der Waals surface area contributed by atoms with Gasteiger partial charge in [-0.3, -0.25) is 0 Å². The van der Waals surface area contributed by atoms with Gasteiger partial charge in [-0.15, -0.1) is 5.10 Å². The van der Waals surface area contributed by atoms with Gasteiger partial charge in [0.1, 0.15) is 5.75 Å². The van der Waals surface area contributed by atoms with Gasteiger partial charge >= 0.3 is 0 Å². The summed E-state index contributed by atoms with van der Waals surface area (Å²) in [6.45, 7) is 2.90. The summed E-state index contributed by atoms with van der Waals surface area (Å²) >= 11 is 0. The molecule has 0 saturated carbocycles. The summed E-state index contributed by atoms with van der Waals surface area (Å²) in [6.07, 6.45) is 4.14. The molecule has 24 heavy (non-hydrogen) atoms. The van der Waals surface area contributed by atoms with Gasteiger partial charge in [-0.25, -0.2) is 9.50 Å². The fourth-order valence-corrected chi connectivity index (χ4v) is 2.79. The molecule has 120 valence electrons. The van der Waals surface area contributed by atoms with Gasteiger partial charge < -0.3 is 4.74 Å². The maximum Gasteiger partial charge on any atom is 0.182 e. The summed E-state index contributed by atoms with van der Waals surface area (Å²) in [5, 5.41) is 6.89. The van der Waals surface area contributed by atoms with Crippen molar-refractivity contribution in [2.75, 3.05) is 6.61 Å². The zero-order valence-electron chi connectivity index (χ0n) is 13.6. The van der Waals surface area contributed by atoms with E-state index in [0.29, 0.717) is 5.82 Å². The lowest BCUT2D eigenvalue weighted by molar-refractivity contribution is 0.309. The minimum atomic E-state index is 0.715. The summed E-state index contributed by atoms with van der Waals surface area (Å²) in [5.74, 6) is 1.58. The van der Waals surface area contributed by atoms with E-state index in [2.05, 4.69) is 30.2 Å². The van der Waals surface area contributed by atoms with Gasteiger partial charge in [0.15, 0.2) is 11.5 Å². The molecule has 0 aliphatic carbocycles. The molecule has 0 bridgehead atoms. The van der Waals surface area contributed by atoms with Gasteiger partial charge in [-0.05, 0) is 30.0 Å². The Bertz CT molecular complexity index is 990. The van der Waals surface area contributed by atoms with Crippen LogP contribution in [0.2, 0.25) is 0 Å². The molecular weight excluding hydrogens is 298 g/mol. The van der Waals surface area contributed by atoms with Gasteiger partial charge in [0.05, 0.1) is 6.61 Å². The van der Waals surface area contributed by atoms with Crippen LogP contribution in [0.5, 0.6) is 5.75 Å². The van der Waals surface area contributed by atoms with E-state index in [1.807, 2.05) is 47.1 Å². The summed E-state index contributed by atoms with van der Waals surface area (Å²) in [4.78, 5) is 4.74. The second kappa shape index (κ2) is 6.32. The van der Waals surface area contributed by atoms with Crippen LogP contribution in [0, 0.1) is 0 Å². The molecule has 4 aromatic rings. The fraction of sp³-hybridized carbons (Fsp3) is 0.200. The number of pyridine rings is 1. The molecular formula is C20H19N3O. The Morgan fingerprint density at radius 2 is 1.96 bits per heavy atom. The zero-order chi connectivity index (χ0) is 16.4. The molecule has 4 rings (SSSR count). The molecule has 0 N–H and O–H groups in total. The van der Waals surface area contributed by atoms with Gasteiger partial charge in [0.2, 0.25) is 0 Å². The highest BCUT2D eigenvalue weighted by Gasteiger charge is 2.09. The Morgan fingerprint density at radius 1 is 1.04 bits per heavy atom. The number of hydrogen-bond acceptors (Lipinski definition) is 3. The fourth-order valence-electron chi connectivity index (χ4n) is 2.79. The quantitative estimate of drug-likeness (QED) is 0.500. The standard InChI is InChI=1S/C20H19N3O/c1-2-3-13-24-17-9-6-8-16(14-17)19-21-20-18-10-5-4-7-15(18)11-12-23(20)22-19/h4-12,14H,2-3,13H2,1H3. The van der Waals surface area contributed by atoms with Crippen LogP contribution in [-0.4, -0.2) is 21.2 Å². The van der Waals surface area contributed by atoms with Crippen molar-refractivity contribution in [1.82, 2.24) is 14.6 Å². The van der Waals surface area contributed by atoms with E-state index >= 15 is 0 Å². The predicted molar refractivity (Wildman–Crippen MR) is 96.3 cm³/mol. The van der Waals surface area contributed by atoms with E-state index in [-0.39, 0.29) is 0 Å². The van der Waals surface area contributed by atoms with Gasteiger partial charge in [0, 0.05) is 17.1 Å². The molecule has 0 amide bonds. The van der Waals surface area contributed by atoms with Crippen molar-refractivity contribution in [3.63, 3.8) is 0 Å². The van der Waals surface area contributed by atoms with Crippen molar-refractivity contribution in [1.29, 1.82) is 0 Å². The smallest absolute Gasteiger partial charge is 0.182 e. The number of hydrogen-bond donors (Lipinski definition) is 0. The van der Waals surface area contributed by atoms with Crippen molar-refractivity contribution in [2.24, 2.45) is 0 Å². The molecule has 0 saturated heterocycles. The lowest BCUT2D eigenvalue weighted by Crippen LogP contribution is -1.96. The molecule has 0 atom stereocenters. The summed E-state index contributed by atoms with van der Waals surface area (Å²) in [6, 6.07) is 18.3. The van der Waals surface area contributed by atoms with E-state index in [1.165, 1.54) is 5.39 Å². The first kappa shape index (κ1) is 14.7. The van der Waals surface area contributed by atoms with E-state index < -0.39 is 0 Å². The molecule has 0 fully saturated rings. The van der Waals surface area contributed by atoms with Gasteiger partial charge in [-0.1, -0.05) is 49.7 Å². The van der Waals surface area contributed by atoms with Crippen LogP contribution < -0.4 is 4.74 Å². The van der Waals surface area contributed by atoms with E-state index in [4.69, 9.17) is 9.72 Å². The molecule has 2 aromatic carbocycles. The van der Waals surface area contributed by atoms with Crippen LogP contribution in [0.25, 0.3) is 27.8 Å². The maximum absolute atomic E-state index is 5.79. The normalized spacial score (nSPS) is 11.2. The monoisotopic (exact) mass is 317 g/mol. The summed E-state index contributed by atoms with van der Waals surface area (Å²) in [7, 11) is 0. The van der Waals surface area contributed by atoms with Gasteiger partial charge in [0.25, 0.3) is 0 Å². The number of rotatable bonds is 5. The third kappa shape index (κ3) is 2.71. The highest BCUT2D eigenvalue weighted by molar-refractivity contribution is 5.94. The SMILES string of the molecule is CCCCOc1cccc(-c2nc3c4ccccc4ccn3n2)c1. The van der Waals surface area contributed by atoms with Crippen molar-refractivity contribution in [3.05, 3.63) is 60.8 Å². The van der Waals surface area contributed by atoms with E-state index in [9.17, 15) is 0 Å². The molecule has 0 unspecified atom stereocenters. The van der Waals surface area contributed by atoms with Crippen molar-refractivity contribution in [2.45, 2.75) is 19.8 Å². The van der Waals surface area contributed by atoms with Crippen molar-refractivity contribution in [3.8, 4) is 17.1 Å². The number of aromatic nitrogens is 3. The van der Waals surface area contributed by atoms with Crippen molar-refractivity contribution >= 4 is 16.4 Å². The van der Waals surface area contributed by atoms with Gasteiger partial charge in [-0.2, -0.15) is 0 Å². The van der Waals surface area contributed by atoms with E-state index in [1.54, 1.807) is 0 Å². The highest BCUT2D eigenvalue weighted by Crippen LogP contribution is 2.24. The first-order chi connectivity index (χ1) is 11.8. The predicted octanol–water partition coefficient (Wildman–Crippen LogP) is 4.73. The molecule has 0 radical (unpaired) electrons. The van der Waals surface area contributed by atoms with Crippen LogP contribution in [0.3, 0.4) is 0 Å². The first-order valence-corrected chi connectivity index (χ1v) is 8.32. The second-order valence-electron chi connectivity index (χ2n) is 5.84. The van der Waals surface area contributed by atoms with Crippen LogP contribution in [0.1, 0.15) is 19.8 Å². The minimum absolute atomic E-state index is 0.715. The Kier molecular flexibility index (Phi) is 3.87. The molecule has 0 aliphatic rings. The molecule has 2 aromatic heterocycles. The second-order valence-corrected chi connectivity index (χ2v) is 5.84. The summed E-state index contributed by atoms with van der Waals surface area (Å²) < 4.78 is 7.63. The number of fused-ring (bicyclic) bond motifs is 3. The molecule has 4 nitrogen and oxygen atoms in total. The average Bonchev–Trinajstić information content (AvgIpc) is 3.07. The number of nitrogens with zero attached hydrogens (tertiary/aromatic N) is 3. The molecule has 2 heterocycles.